The van der Waals surface area contributed by atoms with Gasteiger partial charge in [-0.15, -0.1) is 0 Å². The first kappa shape index (κ1) is 23.9. The monoisotopic (exact) mass is 458 g/mol. The molecule has 6 nitrogen and oxygen atoms in total. The molecule has 0 saturated heterocycles. The summed E-state index contributed by atoms with van der Waals surface area (Å²) in [5.41, 5.74) is 1.92. The van der Waals surface area contributed by atoms with Crippen LogP contribution in [0.4, 0.5) is 0 Å². The van der Waals surface area contributed by atoms with Crippen LogP contribution in [0, 0.1) is 0 Å². The van der Waals surface area contributed by atoms with Crippen molar-refractivity contribution in [3.8, 4) is 11.5 Å². The number of hydrogen-bond acceptors (Lipinski definition) is 4. The van der Waals surface area contributed by atoms with Gasteiger partial charge >= 0.3 is 0 Å². The number of ether oxygens (including phenoxy) is 2. The number of rotatable bonds is 10. The van der Waals surface area contributed by atoms with Crippen LogP contribution in [-0.2, 0) is 22.6 Å². The molecule has 32 heavy (non-hydrogen) atoms. The lowest BCUT2D eigenvalue weighted by atomic mass is 10.1. The summed E-state index contributed by atoms with van der Waals surface area (Å²) in [7, 11) is 0. The van der Waals surface area contributed by atoms with E-state index in [0.29, 0.717) is 49.9 Å². The Labute approximate surface area is 194 Å². The molecule has 7 heteroatoms. The van der Waals surface area contributed by atoms with Crippen molar-refractivity contribution >= 4 is 23.4 Å². The highest BCUT2D eigenvalue weighted by atomic mass is 35.5. The van der Waals surface area contributed by atoms with E-state index in [0.717, 1.165) is 29.7 Å². The predicted molar refractivity (Wildman–Crippen MR) is 125 cm³/mol. The SMILES string of the molecule is CCCCNC(=O)[C@H](C)N(Cc1ccc(Cl)cc1)C(=O)CCc1ccc2c(c1)OCCO2. The lowest BCUT2D eigenvalue weighted by Crippen LogP contribution is -2.47. The van der Waals surface area contributed by atoms with E-state index in [1.165, 1.54) is 0 Å². The van der Waals surface area contributed by atoms with Crippen LogP contribution in [0.15, 0.2) is 42.5 Å². The van der Waals surface area contributed by atoms with Gasteiger partial charge in [0.2, 0.25) is 11.8 Å². The van der Waals surface area contributed by atoms with Gasteiger partial charge in [-0.05, 0) is 55.2 Å². The largest absolute Gasteiger partial charge is 0.486 e. The number of fused-ring (bicyclic) bond motifs is 1. The summed E-state index contributed by atoms with van der Waals surface area (Å²) in [4.78, 5) is 27.5. The number of benzene rings is 2. The summed E-state index contributed by atoms with van der Waals surface area (Å²) >= 11 is 6.00. The number of amides is 2. The zero-order valence-corrected chi connectivity index (χ0v) is 19.5. The molecular weight excluding hydrogens is 428 g/mol. The lowest BCUT2D eigenvalue weighted by molar-refractivity contribution is -0.140. The van der Waals surface area contributed by atoms with Gasteiger partial charge in [0.05, 0.1) is 0 Å². The van der Waals surface area contributed by atoms with Crippen molar-refractivity contribution in [1.29, 1.82) is 0 Å². The number of carbonyl (C=O) groups is 2. The Hall–Kier alpha value is -2.73. The Bertz CT molecular complexity index is 917. The number of aryl methyl sites for hydroxylation is 1. The third-order valence-corrected chi connectivity index (χ3v) is 5.75. The van der Waals surface area contributed by atoms with E-state index in [1.807, 2.05) is 30.3 Å². The fraction of sp³-hybridized carbons (Fsp3) is 0.440. The van der Waals surface area contributed by atoms with Gasteiger partial charge in [-0.2, -0.15) is 0 Å². The van der Waals surface area contributed by atoms with Crippen molar-refractivity contribution in [2.75, 3.05) is 19.8 Å². The molecule has 2 aromatic rings. The Balaban J connectivity index is 1.68. The highest BCUT2D eigenvalue weighted by Gasteiger charge is 2.26. The molecule has 0 spiro atoms. The predicted octanol–water partition coefficient (Wildman–Crippen LogP) is 4.38. The first-order valence-electron chi connectivity index (χ1n) is 11.2. The molecule has 0 radical (unpaired) electrons. The van der Waals surface area contributed by atoms with Crippen LogP contribution < -0.4 is 14.8 Å². The van der Waals surface area contributed by atoms with Crippen LogP contribution in [0.5, 0.6) is 11.5 Å². The van der Waals surface area contributed by atoms with Crippen molar-refractivity contribution in [3.63, 3.8) is 0 Å². The second-order valence-corrected chi connectivity index (χ2v) is 8.38. The molecule has 1 aliphatic heterocycles. The van der Waals surface area contributed by atoms with Crippen LogP contribution in [0.25, 0.3) is 0 Å². The van der Waals surface area contributed by atoms with Crippen molar-refractivity contribution in [2.24, 2.45) is 0 Å². The molecule has 0 saturated carbocycles. The minimum atomic E-state index is -0.574. The smallest absolute Gasteiger partial charge is 0.242 e. The van der Waals surface area contributed by atoms with Crippen molar-refractivity contribution < 1.29 is 19.1 Å². The maximum atomic E-state index is 13.2. The molecule has 2 aromatic carbocycles. The quantitative estimate of drug-likeness (QED) is 0.536. The van der Waals surface area contributed by atoms with Crippen LogP contribution in [0.2, 0.25) is 5.02 Å². The van der Waals surface area contributed by atoms with Gasteiger partial charge in [-0.3, -0.25) is 9.59 Å². The second-order valence-electron chi connectivity index (χ2n) is 7.95. The van der Waals surface area contributed by atoms with Gasteiger partial charge in [0.1, 0.15) is 19.3 Å². The molecule has 1 atom stereocenters. The zero-order valence-electron chi connectivity index (χ0n) is 18.7. The molecule has 0 fully saturated rings. The van der Waals surface area contributed by atoms with Gasteiger partial charge in [0.15, 0.2) is 11.5 Å². The summed E-state index contributed by atoms with van der Waals surface area (Å²) in [6.45, 7) is 5.87. The molecule has 1 N–H and O–H groups in total. The fourth-order valence-electron chi connectivity index (χ4n) is 3.54. The average molecular weight is 459 g/mol. The number of nitrogens with one attached hydrogen (secondary N) is 1. The second kappa shape index (κ2) is 11.8. The molecule has 0 unspecified atom stereocenters. The molecule has 172 valence electrons. The Kier molecular flexibility index (Phi) is 8.80. The van der Waals surface area contributed by atoms with Gasteiger partial charge in [-0.25, -0.2) is 0 Å². The molecule has 1 aliphatic rings. The van der Waals surface area contributed by atoms with Crippen LogP contribution in [-0.4, -0.2) is 42.5 Å². The number of nitrogens with zero attached hydrogens (tertiary/aromatic N) is 1. The highest BCUT2D eigenvalue weighted by Crippen LogP contribution is 2.31. The van der Waals surface area contributed by atoms with E-state index in [9.17, 15) is 9.59 Å². The molecular formula is C25H31ClN2O4. The van der Waals surface area contributed by atoms with E-state index in [2.05, 4.69) is 12.2 Å². The Morgan fingerprint density at radius 3 is 2.47 bits per heavy atom. The van der Waals surface area contributed by atoms with E-state index >= 15 is 0 Å². The van der Waals surface area contributed by atoms with E-state index in [-0.39, 0.29) is 11.8 Å². The molecule has 3 rings (SSSR count). The summed E-state index contributed by atoms with van der Waals surface area (Å²) in [6, 6.07) is 12.5. The number of halogens is 1. The lowest BCUT2D eigenvalue weighted by Gasteiger charge is -2.29. The van der Waals surface area contributed by atoms with Gasteiger partial charge in [0, 0.05) is 24.5 Å². The van der Waals surface area contributed by atoms with E-state index < -0.39 is 6.04 Å². The van der Waals surface area contributed by atoms with Gasteiger partial charge < -0.3 is 19.7 Å². The van der Waals surface area contributed by atoms with Crippen molar-refractivity contribution in [2.45, 2.75) is 52.1 Å². The van der Waals surface area contributed by atoms with Crippen LogP contribution in [0.1, 0.15) is 44.2 Å². The molecule has 1 heterocycles. The third-order valence-electron chi connectivity index (χ3n) is 5.50. The summed E-state index contributed by atoms with van der Waals surface area (Å²) in [6.07, 6.45) is 2.75. The van der Waals surface area contributed by atoms with Gasteiger partial charge in [0.25, 0.3) is 0 Å². The average Bonchev–Trinajstić information content (AvgIpc) is 2.81. The number of carbonyl (C=O) groups excluding carboxylic acids is 2. The van der Waals surface area contributed by atoms with Crippen LogP contribution >= 0.6 is 11.6 Å². The third kappa shape index (κ3) is 6.63. The fourth-order valence-corrected chi connectivity index (χ4v) is 3.67. The maximum Gasteiger partial charge on any atom is 0.242 e. The summed E-state index contributed by atoms with van der Waals surface area (Å²) in [5.74, 6) is 1.23. The Morgan fingerprint density at radius 2 is 1.75 bits per heavy atom. The van der Waals surface area contributed by atoms with Crippen molar-refractivity contribution in [3.05, 3.63) is 58.6 Å². The molecule has 0 aromatic heterocycles. The maximum absolute atomic E-state index is 13.2. The first-order chi connectivity index (χ1) is 15.5. The number of unbranched alkanes of at least 4 members (excludes halogenated alkanes) is 1. The van der Waals surface area contributed by atoms with Gasteiger partial charge in [-0.1, -0.05) is 43.1 Å². The molecule has 0 bridgehead atoms. The topological polar surface area (TPSA) is 67.9 Å². The standard InChI is InChI=1S/C25H31ClN2O4/c1-3-4-13-27-25(30)18(2)28(17-20-5-9-21(26)10-6-20)24(29)12-8-19-7-11-22-23(16-19)32-15-14-31-22/h5-7,9-11,16,18H,3-4,8,12-15,17H2,1-2H3,(H,27,30)/t18-/m0/s1. The van der Waals surface area contributed by atoms with Crippen molar-refractivity contribution in [1.82, 2.24) is 10.2 Å². The molecule has 0 aliphatic carbocycles. The van der Waals surface area contributed by atoms with E-state index in [1.54, 1.807) is 24.0 Å². The minimum Gasteiger partial charge on any atom is -0.486 e. The first-order valence-corrected chi connectivity index (χ1v) is 11.6. The minimum absolute atomic E-state index is 0.0759. The normalized spacial score (nSPS) is 13.3. The number of hydrogen-bond donors (Lipinski definition) is 1. The molecule has 2 amide bonds. The van der Waals surface area contributed by atoms with E-state index in [4.69, 9.17) is 21.1 Å². The zero-order chi connectivity index (χ0) is 22.9. The summed E-state index contributed by atoms with van der Waals surface area (Å²) in [5, 5.41) is 3.57. The summed E-state index contributed by atoms with van der Waals surface area (Å²) < 4.78 is 11.2. The Morgan fingerprint density at radius 1 is 1.06 bits per heavy atom. The highest BCUT2D eigenvalue weighted by molar-refractivity contribution is 6.30. The van der Waals surface area contributed by atoms with Crippen LogP contribution in [0.3, 0.4) is 0 Å².